The molecule has 1 aromatic carbocycles. The van der Waals surface area contributed by atoms with Crippen molar-refractivity contribution in [3.8, 4) is 5.75 Å². The number of carbonyl (C=O) groups excluding carboxylic acids is 1. The molecule has 3 rings (SSSR count). The summed E-state index contributed by atoms with van der Waals surface area (Å²) >= 11 is 7.53. The topological polar surface area (TPSA) is 56.7 Å². The fraction of sp³-hybridized carbons (Fsp3) is 0.143. The van der Waals surface area contributed by atoms with Crippen molar-refractivity contribution in [1.82, 2.24) is 4.57 Å². The number of carbonyl (C=O) groups is 1. The number of fused-ring (bicyclic) bond motifs is 1. The van der Waals surface area contributed by atoms with Crippen molar-refractivity contribution in [3.05, 3.63) is 46.1 Å². The van der Waals surface area contributed by atoms with Crippen molar-refractivity contribution in [2.24, 2.45) is 12.0 Å². The van der Waals surface area contributed by atoms with Gasteiger partial charge in [-0.3, -0.25) is 4.79 Å². The van der Waals surface area contributed by atoms with Crippen molar-refractivity contribution in [2.45, 2.75) is 0 Å². The number of thiazole rings is 1. The third-order valence-electron chi connectivity index (χ3n) is 3.01. The minimum atomic E-state index is -0.433. The van der Waals surface area contributed by atoms with E-state index in [4.69, 9.17) is 20.8 Å². The molecule has 0 fully saturated rings. The fourth-order valence-corrected chi connectivity index (χ4v) is 3.31. The van der Waals surface area contributed by atoms with Gasteiger partial charge in [0.15, 0.2) is 10.6 Å². The van der Waals surface area contributed by atoms with Gasteiger partial charge in [0.1, 0.15) is 11.3 Å². The van der Waals surface area contributed by atoms with Crippen molar-refractivity contribution in [1.29, 1.82) is 0 Å². The third kappa shape index (κ3) is 2.36. The zero-order valence-electron chi connectivity index (χ0n) is 11.3. The summed E-state index contributed by atoms with van der Waals surface area (Å²) in [5.74, 6) is 0.447. The van der Waals surface area contributed by atoms with Crippen molar-refractivity contribution in [3.63, 3.8) is 0 Å². The molecule has 21 heavy (non-hydrogen) atoms. The van der Waals surface area contributed by atoms with Crippen LogP contribution in [0.5, 0.6) is 5.75 Å². The molecule has 0 aliphatic rings. The number of halogens is 1. The Kier molecular flexibility index (Phi) is 3.57. The Bertz CT molecular complexity index is 878. The Morgan fingerprint density at radius 1 is 1.43 bits per heavy atom. The number of amides is 1. The lowest BCUT2D eigenvalue weighted by Crippen LogP contribution is -2.13. The molecule has 0 atom stereocenters. The van der Waals surface area contributed by atoms with Crippen LogP contribution in [0, 0.1) is 0 Å². The number of nitrogens with zero attached hydrogens (tertiary/aromatic N) is 2. The molecule has 5 nitrogen and oxygen atoms in total. The Hall–Kier alpha value is -2.05. The number of hydrogen-bond donors (Lipinski definition) is 0. The molecule has 2 aromatic heterocycles. The molecule has 0 unspecified atom stereocenters. The lowest BCUT2D eigenvalue weighted by atomic mass is 10.3. The van der Waals surface area contributed by atoms with Gasteiger partial charge in [0.2, 0.25) is 0 Å². The smallest absolute Gasteiger partial charge is 0.315 e. The molecule has 0 N–H and O–H groups in total. The fourth-order valence-electron chi connectivity index (χ4n) is 2.00. The third-order valence-corrected chi connectivity index (χ3v) is 4.60. The van der Waals surface area contributed by atoms with Gasteiger partial charge in [-0.05, 0) is 24.3 Å². The van der Waals surface area contributed by atoms with Gasteiger partial charge >= 0.3 is 5.91 Å². The highest BCUT2D eigenvalue weighted by Gasteiger charge is 2.14. The zero-order chi connectivity index (χ0) is 15.0. The summed E-state index contributed by atoms with van der Waals surface area (Å²) in [6, 6.07) is 6.77. The number of rotatable bonds is 2. The number of hydrogen-bond acceptors (Lipinski definition) is 4. The van der Waals surface area contributed by atoms with E-state index < -0.39 is 5.91 Å². The minimum absolute atomic E-state index is 0.200. The number of methoxy groups -OCH3 is 1. The molecular formula is C14H11ClN2O3S. The summed E-state index contributed by atoms with van der Waals surface area (Å²) in [6.07, 6.45) is 1.44. The van der Waals surface area contributed by atoms with E-state index in [2.05, 4.69) is 4.99 Å². The SMILES string of the molecule is COc1ccc(Cl)c2sc(=NC(=O)c3ccco3)n(C)c12. The molecule has 1 amide bonds. The molecule has 3 aromatic rings. The molecule has 7 heteroatoms. The largest absolute Gasteiger partial charge is 0.495 e. The van der Waals surface area contributed by atoms with Crippen LogP contribution in [0.2, 0.25) is 5.02 Å². The van der Waals surface area contributed by atoms with Crippen LogP contribution in [0.1, 0.15) is 10.6 Å². The standard InChI is InChI=1S/C14H11ClN2O3S/c1-17-11-9(19-2)6-5-8(15)12(11)21-14(17)16-13(18)10-4-3-7-20-10/h3-7H,1-2H3. The Balaban J connectivity index is 2.23. The summed E-state index contributed by atoms with van der Waals surface area (Å²) in [5.41, 5.74) is 0.806. The van der Waals surface area contributed by atoms with Gasteiger partial charge in [0, 0.05) is 7.05 Å². The van der Waals surface area contributed by atoms with Gasteiger partial charge in [0.25, 0.3) is 0 Å². The van der Waals surface area contributed by atoms with E-state index in [1.807, 2.05) is 7.05 Å². The molecule has 0 saturated heterocycles. The molecular weight excluding hydrogens is 312 g/mol. The van der Waals surface area contributed by atoms with Crippen molar-refractivity contribution >= 4 is 39.1 Å². The maximum absolute atomic E-state index is 12.0. The van der Waals surface area contributed by atoms with Crippen LogP contribution in [-0.4, -0.2) is 17.6 Å². The van der Waals surface area contributed by atoms with Gasteiger partial charge in [-0.25, -0.2) is 0 Å². The van der Waals surface area contributed by atoms with E-state index in [0.717, 1.165) is 10.2 Å². The van der Waals surface area contributed by atoms with Crippen LogP contribution in [0.4, 0.5) is 0 Å². The Morgan fingerprint density at radius 3 is 2.90 bits per heavy atom. The second kappa shape index (κ2) is 5.38. The van der Waals surface area contributed by atoms with Crippen LogP contribution < -0.4 is 9.54 Å². The van der Waals surface area contributed by atoms with Crippen molar-refractivity contribution < 1.29 is 13.9 Å². The molecule has 0 bridgehead atoms. The molecule has 108 valence electrons. The first-order valence-electron chi connectivity index (χ1n) is 6.06. The highest BCUT2D eigenvalue weighted by atomic mass is 35.5. The monoisotopic (exact) mass is 322 g/mol. The summed E-state index contributed by atoms with van der Waals surface area (Å²) in [4.78, 5) is 16.6. The second-order valence-electron chi connectivity index (χ2n) is 4.27. The Morgan fingerprint density at radius 2 is 2.24 bits per heavy atom. The summed E-state index contributed by atoms with van der Waals surface area (Å²) in [5, 5.41) is 0.596. The van der Waals surface area contributed by atoms with Gasteiger partial charge < -0.3 is 13.7 Å². The van der Waals surface area contributed by atoms with E-state index in [1.54, 1.807) is 35.9 Å². The maximum Gasteiger partial charge on any atom is 0.315 e. The highest BCUT2D eigenvalue weighted by Crippen LogP contribution is 2.32. The average Bonchev–Trinajstić information content (AvgIpc) is 3.10. The lowest BCUT2D eigenvalue weighted by Gasteiger charge is -2.04. The van der Waals surface area contributed by atoms with Gasteiger partial charge in [-0.1, -0.05) is 22.9 Å². The van der Waals surface area contributed by atoms with Crippen LogP contribution in [0.25, 0.3) is 10.2 Å². The van der Waals surface area contributed by atoms with E-state index in [1.165, 1.54) is 17.6 Å². The highest BCUT2D eigenvalue weighted by molar-refractivity contribution is 7.17. The van der Waals surface area contributed by atoms with E-state index in [0.29, 0.717) is 15.6 Å². The summed E-state index contributed by atoms with van der Waals surface area (Å²) in [7, 11) is 3.40. The summed E-state index contributed by atoms with van der Waals surface area (Å²) in [6.45, 7) is 0. The van der Waals surface area contributed by atoms with Crippen molar-refractivity contribution in [2.75, 3.05) is 7.11 Å². The van der Waals surface area contributed by atoms with Crippen LogP contribution in [0.3, 0.4) is 0 Å². The normalized spacial score (nSPS) is 12.0. The maximum atomic E-state index is 12.0. The van der Waals surface area contributed by atoms with Gasteiger partial charge in [0.05, 0.1) is 23.1 Å². The molecule has 0 aliphatic heterocycles. The van der Waals surface area contributed by atoms with E-state index in [-0.39, 0.29) is 5.76 Å². The first-order chi connectivity index (χ1) is 10.1. The number of ether oxygens (including phenoxy) is 1. The first kappa shape index (κ1) is 13.9. The van der Waals surface area contributed by atoms with Gasteiger partial charge in [-0.15, -0.1) is 0 Å². The number of aryl methyl sites for hydroxylation is 1. The number of aromatic nitrogens is 1. The molecule has 0 saturated carbocycles. The average molecular weight is 323 g/mol. The van der Waals surface area contributed by atoms with Crippen LogP contribution in [-0.2, 0) is 7.05 Å². The zero-order valence-corrected chi connectivity index (χ0v) is 12.9. The predicted molar refractivity (Wildman–Crippen MR) is 81.0 cm³/mol. The summed E-state index contributed by atoms with van der Waals surface area (Å²) < 4.78 is 13.0. The van der Waals surface area contributed by atoms with Crippen LogP contribution >= 0.6 is 22.9 Å². The molecule has 2 heterocycles. The molecule has 0 spiro atoms. The minimum Gasteiger partial charge on any atom is -0.495 e. The number of benzene rings is 1. The quantitative estimate of drug-likeness (QED) is 0.727. The van der Waals surface area contributed by atoms with Crippen LogP contribution in [0.15, 0.2) is 39.9 Å². The lowest BCUT2D eigenvalue weighted by molar-refractivity contribution is 0.0971. The molecule has 0 radical (unpaired) electrons. The second-order valence-corrected chi connectivity index (χ2v) is 5.65. The van der Waals surface area contributed by atoms with E-state index >= 15 is 0 Å². The van der Waals surface area contributed by atoms with E-state index in [9.17, 15) is 4.79 Å². The predicted octanol–water partition coefficient (Wildman–Crippen LogP) is 3.24. The first-order valence-corrected chi connectivity index (χ1v) is 7.26. The van der Waals surface area contributed by atoms with Gasteiger partial charge in [-0.2, -0.15) is 4.99 Å². The molecule has 0 aliphatic carbocycles. The number of furan rings is 1. The Labute approximate surface area is 129 Å².